The summed E-state index contributed by atoms with van der Waals surface area (Å²) in [4.78, 5) is 0. The van der Waals surface area contributed by atoms with E-state index < -0.39 is 12.0 Å². The largest absolute Gasteiger partial charge is 0.306 e. The molecule has 2 heterocycles. The van der Waals surface area contributed by atoms with Gasteiger partial charge < -0.3 is 5.32 Å². The molecule has 0 saturated carbocycles. The fraction of sp³-hybridized carbons (Fsp3) is 1.00. The number of alkyl halides is 2. The van der Waals surface area contributed by atoms with E-state index in [2.05, 4.69) is 19.2 Å². The van der Waals surface area contributed by atoms with Crippen LogP contribution >= 0.6 is 0 Å². The van der Waals surface area contributed by atoms with Crippen LogP contribution in [0.3, 0.4) is 0 Å². The highest BCUT2D eigenvalue weighted by molar-refractivity contribution is 4.98. The van der Waals surface area contributed by atoms with Crippen LogP contribution in [-0.4, -0.2) is 18.0 Å². The van der Waals surface area contributed by atoms with Crippen molar-refractivity contribution in [2.24, 2.45) is 11.8 Å². The summed E-state index contributed by atoms with van der Waals surface area (Å²) in [6.45, 7) is 4.29. The van der Waals surface area contributed by atoms with Gasteiger partial charge in [0.25, 0.3) is 5.92 Å². The van der Waals surface area contributed by atoms with E-state index in [0.29, 0.717) is 30.7 Å². The first kappa shape index (κ1) is 10.3. The van der Waals surface area contributed by atoms with Crippen molar-refractivity contribution in [1.82, 2.24) is 5.32 Å². The lowest BCUT2D eigenvalue weighted by Crippen LogP contribution is -2.58. The average molecular weight is 203 g/mol. The molecular weight excluding hydrogens is 184 g/mol. The normalized spacial score (nSPS) is 41.4. The van der Waals surface area contributed by atoms with Crippen molar-refractivity contribution in [2.75, 3.05) is 0 Å². The summed E-state index contributed by atoms with van der Waals surface area (Å²) in [5.74, 6) is -1.45. The third kappa shape index (κ3) is 1.79. The van der Waals surface area contributed by atoms with Crippen LogP contribution in [0.4, 0.5) is 8.78 Å². The predicted molar refractivity (Wildman–Crippen MR) is 52.5 cm³/mol. The van der Waals surface area contributed by atoms with Crippen molar-refractivity contribution in [3.8, 4) is 0 Å². The molecule has 2 rings (SSSR count). The van der Waals surface area contributed by atoms with Crippen LogP contribution < -0.4 is 5.32 Å². The fourth-order valence-electron chi connectivity index (χ4n) is 2.77. The Bertz CT molecular complexity index is 213. The number of halogens is 2. The number of hydrogen-bond acceptors (Lipinski definition) is 1. The van der Waals surface area contributed by atoms with Gasteiger partial charge in [0.2, 0.25) is 0 Å². The highest BCUT2D eigenvalue weighted by Gasteiger charge is 2.48. The summed E-state index contributed by atoms with van der Waals surface area (Å²) < 4.78 is 26.9. The Morgan fingerprint density at radius 2 is 2.00 bits per heavy atom. The Morgan fingerprint density at radius 3 is 2.64 bits per heavy atom. The first-order valence-electron chi connectivity index (χ1n) is 5.63. The third-order valence-electron chi connectivity index (χ3n) is 3.84. The molecule has 2 saturated heterocycles. The molecule has 3 heteroatoms. The maximum absolute atomic E-state index is 13.5. The van der Waals surface area contributed by atoms with E-state index >= 15 is 0 Å². The Hall–Kier alpha value is -0.180. The fourth-order valence-corrected chi connectivity index (χ4v) is 2.77. The molecule has 2 aliphatic rings. The highest BCUT2D eigenvalue weighted by atomic mass is 19.3. The van der Waals surface area contributed by atoms with Crippen molar-refractivity contribution in [3.63, 3.8) is 0 Å². The number of piperidine rings is 2. The van der Waals surface area contributed by atoms with Gasteiger partial charge in [-0.15, -0.1) is 0 Å². The van der Waals surface area contributed by atoms with E-state index in [-0.39, 0.29) is 6.42 Å². The van der Waals surface area contributed by atoms with Crippen LogP contribution in [0.5, 0.6) is 0 Å². The molecule has 0 unspecified atom stereocenters. The summed E-state index contributed by atoms with van der Waals surface area (Å²) in [6.07, 6.45) is 2.47. The first-order valence-corrected chi connectivity index (χ1v) is 5.63. The minimum atomic E-state index is -2.47. The molecule has 3 atom stereocenters. The molecule has 2 fully saturated rings. The van der Waals surface area contributed by atoms with Crippen LogP contribution in [0.25, 0.3) is 0 Å². The van der Waals surface area contributed by atoms with Crippen molar-refractivity contribution in [3.05, 3.63) is 0 Å². The topological polar surface area (TPSA) is 12.0 Å². The molecule has 0 radical (unpaired) electrons. The molecule has 0 aliphatic carbocycles. The standard InChI is InChI=1S/C11H19F2N/c1-7(2)8-5-9-3-4-11(12,13)10(6-8)14-9/h7-10,14H,3-6H2,1-2H3/t8-,9+,10+/m0/s1. The molecule has 2 aliphatic heterocycles. The first-order chi connectivity index (χ1) is 6.49. The van der Waals surface area contributed by atoms with Gasteiger partial charge in [-0.05, 0) is 31.1 Å². The number of nitrogens with one attached hydrogen (secondary N) is 1. The van der Waals surface area contributed by atoms with E-state index in [4.69, 9.17) is 0 Å². The van der Waals surface area contributed by atoms with Gasteiger partial charge in [0, 0.05) is 12.5 Å². The van der Waals surface area contributed by atoms with Crippen LogP contribution in [0.1, 0.15) is 39.5 Å². The lowest BCUT2D eigenvalue weighted by atomic mass is 9.74. The maximum atomic E-state index is 13.5. The van der Waals surface area contributed by atoms with Gasteiger partial charge in [-0.2, -0.15) is 0 Å². The molecular formula is C11H19F2N. The van der Waals surface area contributed by atoms with Gasteiger partial charge >= 0.3 is 0 Å². The number of fused-ring (bicyclic) bond motifs is 2. The second-order valence-electron chi connectivity index (χ2n) is 5.19. The number of hydrogen-bond donors (Lipinski definition) is 1. The molecule has 2 bridgehead atoms. The van der Waals surface area contributed by atoms with E-state index in [0.717, 1.165) is 6.42 Å². The molecule has 0 aromatic heterocycles. The van der Waals surface area contributed by atoms with E-state index in [1.807, 2.05) is 0 Å². The van der Waals surface area contributed by atoms with Crippen molar-refractivity contribution in [1.29, 1.82) is 0 Å². The molecule has 0 spiro atoms. The summed E-state index contributed by atoms with van der Waals surface area (Å²) in [7, 11) is 0. The van der Waals surface area contributed by atoms with E-state index in [9.17, 15) is 8.78 Å². The number of rotatable bonds is 1. The van der Waals surface area contributed by atoms with Gasteiger partial charge in [0.15, 0.2) is 0 Å². The quantitative estimate of drug-likeness (QED) is 0.691. The Labute approximate surface area is 84.3 Å². The van der Waals surface area contributed by atoms with E-state index in [1.54, 1.807) is 0 Å². The second-order valence-corrected chi connectivity index (χ2v) is 5.19. The second kappa shape index (κ2) is 3.44. The monoisotopic (exact) mass is 203 g/mol. The minimum Gasteiger partial charge on any atom is -0.306 e. The summed E-state index contributed by atoms with van der Waals surface area (Å²) >= 11 is 0. The van der Waals surface area contributed by atoms with Gasteiger partial charge in [0.1, 0.15) is 0 Å². The molecule has 14 heavy (non-hydrogen) atoms. The zero-order valence-electron chi connectivity index (χ0n) is 8.89. The molecule has 1 N–H and O–H groups in total. The molecule has 0 aromatic rings. The lowest BCUT2D eigenvalue weighted by molar-refractivity contribution is -0.0940. The van der Waals surface area contributed by atoms with Crippen molar-refractivity contribution >= 4 is 0 Å². The molecule has 82 valence electrons. The Balaban J connectivity index is 2.07. The summed E-state index contributed by atoms with van der Waals surface area (Å²) in [6, 6.07) is -0.205. The minimum absolute atomic E-state index is 0.0835. The van der Waals surface area contributed by atoms with E-state index in [1.165, 1.54) is 0 Å². The van der Waals surface area contributed by atoms with Crippen LogP contribution in [0.15, 0.2) is 0 Å². The van der Waals surface area contributed by atoms with Crippen molar-refractivity contribution < 1.29 is 8.78 Å². The zero-order valence-corrected chi connectivity index (χ0v) is 8.89. The van der Waals surface area contributed by atoms with Crippen LogP contribution in [0.2, 0.25) is 0 Å². The maximum Gasteiger partial charge on any atom is 0.263 e. The zero-order chi connectivity index (χ0) is 10.3. The molecule has 0 amide bonds. The molecule has 1 nitrogen and oxygen atoms in total. The lowest BCUT2D eigenvalue weighted by Gasteiger charge is -2.45. The molecule has 0 aromatic carbocycles. The third-order valence-corrected chi connectivity index (χ3v) is 3.84. The van der Waals surface area contributed by atoms with Crippen molar-refractivity contribution in [2.45, 2.75) is 57.5 Å². The Morgan fingerprint density at radius 1 is 1.29 bits per heavy atom. The smallest absolute Gasteiger partial charge is 0.263 e. The van der Waals surface area contributed by atoms with Gasteiger partial charge in [-0.3, -0.25) is 0 Å². The summed E-state index contributed by atoms with van der Waals surface area (Å²) in [5.41, 5.74) is 0. The van der Waals surface area contributed by atoms with Crippen LogP contribution in [0, 0.1) is 11.8 Å². The van der Waals surface area contributed by atoms with Gasteiger partial charge in [-0.1, -0.05) is 13.8 Å². The average Bonchev–Trinajstić information content (AvgIpc) is 2.12. The predicted octanol–water partition coefficient (Wildman–Crippen LogP) is 2.81. The van der Waals surface area contributed by atoms with Crippen LogP contribution in [-0.2, 0) is 0 Å². The SMILES string of the molecule is CC(C)[C@H]1C[C@H]2CCC(F)(F)[C@@H](C1)N2. The van der Waals surface area contributed by atoms with Gasteiger partial charge in [0.05, 0.1) is 6.04 Å². The highest BCUT2D eigenvalue weighted by Crippen LogP contribution is 2.40. The van der Waals surface area contributed by atoms with Gasteiger partial charge in [-0.25, -0.2) is 8.78 Å². The Kier molecular flexibility index (Phi) is 2.54. The summed E-state index contributed by atoms with van der Waals surface area (Å²) in [5, 5.41) is 3.08.